The van der Waals surface area contributed by atoms with Gasteiger partial charge in [0.05, 0.1) is 0 Å². The molecule has 0 aromatic heterocycles. The first kappa shape index (κ1) is 8.21. The SMILES string of the molecule is CCC[SiH]1CCCC(F)O1. The Labute approximate surface area is 63.3 Å². The van der Waals surface area contributed by atoms with Crippen LogP contribution in [0.3, 0.4) is 0 Å². The van der Waals surface area contributed by atoms with Crippen LogP contribution in [0.4, 0.5) is 4.39 Å². The van der Waals surface area contributed by atoms with Gasteiger partial charge in [-0.25, -0.2) is 4.39 Å². The zero-order valence-electron chi connectivity index (χ0n) is 6.48. The maximum Gasteiger partial charge on any atom is 0.189 e. The Morgan fingerprint density at radius 3 is 3.10 bits per heavy atom. The number of hydrogen-bond acceptors (Lipinski definition) is 1. The first-order valence-corrected chi connectivity index (χ1v) is 6.23. The smallest absolute Gasteiger partial charge is 0.189 e. The minimum atomic E-state index is -1.06. The summed E-state index contributed by atoms with van der Waals surface area (Å²) in [5.74, 6) is 0. The van der Waals surface area contributed by atoms with Crippen molar-refractivity contribution in [1.29, 1.82) is 0 Å². The summed E-state index contributed by atoms with van der Waals surface area (Å²) in [6, 6.07) is 2.34. The van der Waals surface area contributed by atoms with Crippen LogP contribution in [0.15, 0.2) is 0 Å². The highest BCUT2D eigenvalue weighted by Gasteiger charge is 2.21. The topological polar surface area (TPSA) is 9.23 Å². The Bertz CT molecular complexity index is 97.6. The first-order valence-electron chi connectivity index (χ1n) is 4.12. The van der Waals surface area contributed by atoms with Crippen molar-refractivity contribution in [2.75, 3.05) is 0 Å². The fourth-order valence-corrected chi connectivity index (χ4v) is 3.83. The molecule has 10 heavy (non-hydrogen) atoms. The second-order valence-electron chi connectivity index (χ2n) is 2.89. The van der Waals surface area contributed by atoms with Crippen LogP contribution >= 0.6 is 0 Å². The minimum Gasteiger partial charge on any atom is -0.392 e. The zero-order chi connectivity index (χ0) is 7.40. The van der Waals surface area contributed by atoms with Crippen molar-refractivity contribution in [3.8, 4) is 0 Å². The number of rotatable bonds is 2. The molecule has 0 saturated carbocycles. The van der Waals surface area contributed by atoms with Crippen LogP contribution in [0.1, 0.15) is 26.2 Å². The standard InChI is InChI=1S/C7H15FOSi/c1-2-5-10-6-3-4-7(8)9-10/h7,10H,2-6H2,1H3. The maximum atomic E-state index is 12.6. The van der Waals surface area contributed by atoms with Gasteiger partial charge in [-0.15, -0.1) is 0 Å². The van der Waals surface area contributed by atoms with E-state index in [4.69, 9.17) is 4.43 Å². The minimum absolute atomic E-state index is 0.632. The third-order valence-electron chi connectivity index (χ3n) is 1.91. The lowest BCUT2D eigenvalue weighted by Gasteiger charge is -2.23. The quantitative estimate of drug-likeness (QED) is 0.566. The third-order valence-corrected chi connectivity index (χ3v) is 4.86. The monoisotopic (exact) mass is 162 g/mol. The lowest BCUT2D eigenvalue weighted by Crippen LogP contribution is -2.27. The van der Waals surface area contributed by atoms with Crippen LogP contribution in [0.25, 0.3) is 0 Å². The molecule has 1 saturated heterocycles. The molecule has 0 spiro atoms. The molecule has 0 radical (unpaired) electrons. The molecule has 0 aromatic carbocycles. The molecule has 1 aliphatic rings. The Hall–Kier alpha value is 0.107. The molecule has 2 unspecified atom stereocenters. The van der Waals surface area contributed by atoms with Gasteiger partial charge in [-0.05, 0) is 18.5 Å². The Morgan fingerprint density at radius 2 is 2.50 bits per heavy atom. The van der Waals surface area contributed by atoms with Crippen LogP contribution in [-0.4, -0.2) is 15.4 Å². The molecule has 1 aliphatic heterocycles. The molecule has 2 atom stereocenters. The summed E-state index contributed by atoms with van der Waals surface area (Å²) in [6.45, 7) is 2.14. The van der Waals surface area contributed by atoms with Gasteiger partial charge in [0.1, 0.15) is 0 Å². The van der Waals surface area contributed by atoms with Crippen molar-refractivity contribution in [2.24, 2.45) is 0 Å². The van der Waals surface area contributed by atoms with Crippen LogP contribution in [0.2, 0.25) is 12.1 Å². The molecule has 0 aliphatic carbocycles. The van der Waals surface area contributed by atoms with Gasteiger partial charge in [-0.3, -0.25) is 0 Å². The largest absolute Gasteiger partial charge is 0.392 e. The Balaban J connectivity index is 2.18. The average molecular weight is 162 g/mol. The Morgan fingerprint density at radius 1 is 1.70 bits per heavy atom. The summed E-state index contributed by atoms with van der Waals surface area (Å²) in [6.07, 6.45) is 1.92. The van der Waals surface area contributed by atoms with E-state index in [0.29, 0.717) is 6.42 Å². The van der Waals surface area contributed by atoms with E-state index < -0.39 is 15.4 Å². The number of alkyl halides is 1. The molecule has 1 rings (SSSR count). The van der Waals surface area contributed by atoms with Gasteiger partial charge in [0, 0.05) is 6.42 Å². The van der Waals surface area contributed by atoms with Gasteiger partial charge >= 0.3 is 0 Å². The van der Waals surface area contributed by atoms with E-state index in [-0.39, 0.29) is 0 Å². The normalized spacial score (nSPS) is 34.2. The summed E-state index contributed by atoms with van der Waals surface area (Å²) in [5.41, 5.74) is 0. The van der Waals surface area contributed by atoms with E-state index in [1.54, 1.807) is 0 Å². The molecule has 3 heteroatoms. The van der Waals surface area contributed by atoms with Gasteiger partial charge < -0.3 is 4.43 Å². The highest BCUT2D eigenvalue weighted by Crippen LogP contribution is 2.20. The summed E-state index contributed by atoms with van der Waals surface area (Å²) >= 11 is 0. The fraction of sp³-hybridized carbons (Fsp3) is 1.00. The summed E-state index contributed by atoms with van der Waals surface area (Å²) in [4.78, 5) is 0. The first-order chi connectivity index (χ1) is 4.83. The lowest BCUT2D eigenvalue weighted by atomic mass is 10.3. The highest BCUT2D eigenvalue weighted by molar-refractivity contribution is 6.51. The van der Waals surface area contributed by atoms with E-state index in [9.17, 15) is 4.39 Å². The average Bonchev–Trinajstić information content (AvgIpc) is 1.88. The van der Waals surface area contributed by atoms with Crippen molar-refractivity contribution in [2.45, 2.75) is 44.6 Å². The fourth-order valence-electron chi connectivity index (χ4n) is 1.39. The maximum absolute atomic E-state index is 12.6. The van der Waals surface area contributed by atoms with Crippen molar-refractivity contribution < 1.29 is 8.82 Å². The molecular formula is C7H15FOSi. The molecule has 1 heterocycles. The van der Waals surface area contributed by atoms with Crippen LogP contribution in [0, 0.1) is 0 Å². The van der Waals surface area contributed by atoms with Gasteiger partial charge in [0.2, 0.25) is 0 Å². The molecule has 0 bridgehead atoms. The van der Waals surface area contributed by atoms with Gasteiger partial charge in [0.15, 0.2) is 15.4 Å². The van der Waals surface area contributed by atoms with Gasteiger partial charge in [-0.1, -0.05) is 13.3 Å². The van der Waals surface area contributed by atoms with E-state index in [1.165, 1.54) is 6.04 Å². The van der Waals surface area contributed by atoms with Crippen molar-refractivity contribution in [3.63, 3.8) is 0 Å². The number of hydrogen-bond donors (Lipinski definition) is 0. The summed E-state index contributed by atoms with van der Waals surface area (Å²) in [7, 11) is -1.06. The van der Waals surface area contributed by atoms with Crippen LogP contribution in [0.5, 0.6) is 0 Å². The molecular weight excluding hydrogens is 147 g/mol. The number of halogens is 1. The lowest BCUT2D eigenvalue weighted by molar-refractivity contribution is 0.0431. The summed E-state index contributed by atoms with van der Waals surface area (Å²) in [5, 5.41) is 0. The predicted octanol–water partition coefficient (Wildman–Crippen LogP) is 2.23. The van der Waals surface area contributed by atoms with Crippen LogP contribution < -0.4 is 0 Å². The zero-order valence-corrected chi connectivity index (χ0v) is 7.63. The van der Waals surface area contributed by atoms with E-state index in [2.05, 4.69) is 6.92 Å². The van der Waals surface area contributed by atoms with E-state index >= 15 is 0 Å². The molecule has 0 amide bonds. The molecule has 1 nitrogen and oxygen atoms in total. The highest BCUT2D eigenvalue weighted by atomic mass is 28.3. The molecule has 0 N–H and O–H groups in total. The van der Waals surface area contributed by atoms with E-state index in [0.717, 1.165) is 18.9 Å². The second kappa shape index (κ2) is 4.08. The second-order valence-corrected chi connectivity index (χ2v) is 5.56. The van der Waals surface area contributed by atoms with Crippen LogP contribution in [-0.2, 0) is 4.43 Å². The molecule has 60 valence electrons. The van der Waals surface area contributed by atoms with E-state index in [1.807, 2.05) is 0 Å². The third kappa shape index (κ3) is 2.38. The van der Waals surface area contributed by atoms with Gasteiger partial charge in [-0.2, -0.15) is 0 Å². The van der Waals surface area contributed by atoms with Crippen molar-refractivity contribution in [3.05, 3.63) is 0 Å². The Kier molecular flexibility index (Phi) is 3.35. The molecule has 1 fully saturated rings. The summed E-state index contributed by atoms with van der Waals surface area (Å²) < 4.78 is 17.8. The predicted molar refractivity (Wildman–Crippen MR) is 42.3 cm³/mol. The van der Waals surface area contributed by atoms with Crippen molar-refractivity contribution in [1.82, 2.24) is 0 Å². The molecule has 0 aromatic rings. The van der Waals surface area contributed by atoms with Gasteiger partial charge in [0.25, 0.3) is 0 Å². The van der Waals surface area contributed by atoms with Crippen molar-refractivity contribution >= 4 is 9.04 Å².